The van der Waals surface area contributed by atoms with E-state index in [0.29, 0.717) is 16.5 Å². The topological polar surface area (TPSA) is 36.1 Å². The molecule has 0 bridgehead atoms. The number of aliphatic imine (C=N–C) groups is 1. The summed E-state index contributed by atoms with van der Waals surface area (Å²) >= 11 is 5.10. The lowest BCUT2D eigenvalue weighted by Gasteiger charge is -2.29. The van der Waals surface area contributed by atoms with Gasteiger partial charge >= 0.3 is 0 Å². The lowest BCUT2D eigenvalue weighted by molar-refractivity contribution is 0.534. The summed E-state index contributed by atoms with van der Waals surface area (Å²) in [5.41, 5.74) is 3.02. The predicted molar refractivity (Wildman–Crippen MR) is 60.3 cm³/mol. The number of allylic oxidation sites excluding steroid dienone is 1. The Labute approximate surface area is 89.3 Å². The maximum atomic E-state index is 9.02. The molecule has 0 spiro atoms. The third-order valence-electron chi connectivity index (χ3n) is 3.04. The zero-order chi connectivity index (χ0) is 10.1. The maximum Gasteiger partial charge on any atom is 0.143 e. The van der Waals surface area contributed by atoms with E-state index in [1.807, 2.05) is 6.92 Å². The molecule has 0 saturated heterocycles. The van der Waals surface area contributed by atoms with Gasteiger partial charge in [0.25, 0.3) is 0 Å². The van der Waals surface area contributed by atoms with E-state index in [-0.39, 0.29) is 0 Å². The molecule has 72 valence electrons. The molecule has 2 aliphatic rings. The molecule has 1 fully saturated rings. The third kappa shape index (κ3) is 1.40. The summed E-state index contributed by atoms with van der Waals surface area (Å²) in [5.74, 6) is 0.408. The van der Waals surface area contributed by atoms with Crippen molar-refractivity contribution in [2.75, 3.05) is 0 Å². The second kappa shape index (κ2) is 3.62. The average molecular weight is 204 g/mol. The Morgan fingerprint density at radius 3 is 3.00 bits per heavy atom. The molecule has 1 unspecified atom stereocenters. The first-order valence-corrected chi connectivity index (χ1v) is 5.37. The summed E-state index contributed by atoms with van der Waals surface area (Å²) in [6.45, 7) is 2.02. The quantitative estimate of drug-likeness (QED) is 0.569. The van der Waals surface area contributed by atoms with Gasteiger partial charge in [0.1, 0.15) is 11.1 Å². The summed E-state index contributed by atoms with van der Waals surface area (Å²) in [6, 6.07) is 2.20. The molecule has 1 saturated carbocycles. The van der Waals surface area contributed by atoms with Gasteiger partial charge in [-0.3, -0.25) is 0 Å². The molecule has 14 heavy (non-hydrogen) atoms. The van der Waals surface area contributed by atoms with Crippen molar-refractivity contribution in [3.8, 4) is 6.07 Å². The molecule has 1 aliphatic carbocycles. The Balaban J connectivity index is 2.46. The normalized spacial score (nSPS) is 26.7. The fourth-order valence-corrected chi connectivity index (χ4v) is 2.64. The first kappa shape index (κ1) is 9.54. The molecule has 0 aromatic heterocycles. The van der Waals surface area contributed by atoms with Crippen molar-refractivity contribution >= 4 is 22.9 Å². The van der Waals surface area contributed by atoms with Crippen LogP contribution in [-0.4, -0.2) is 10.7 Å². The molecule has 1 aliphatic heterocycles. The molecular weight excluding hydrogens is 192 g/mol. The predicted octanol–water partition coefficient (Wildman–Crippen LogP) is 2.80. The van der Waals surface area contributed by atoms with Gasteiger partial charge < -0.3 is 0 Å². The fourth-order valence-electron chi connectivity index (χ4n) is 2.32. The minimum Gasteiger partial charge on any atom is -0.244 e. The van der Waals surface area contributed by atoms with Gasteiger partial charge in [0.15, 0.2) is 0 Å². The van der Waals surface area contributed by atoms with Crippen LogP contribution in [0.2, 0.25) is 0 Å². The number of nitrogens with zero attached hydrogens (tertiary/aromatic N) is 2. The van der Waals surface area contributed by atoms with Gasteiger partial charge in [0.05, 0.1) is 5.57 Å². The molecule has 1 atom stereocenters. The lowest BCUT2D eigenvalue weighted by Crippen LogP contribution is -2.25. The van der Waals surface area contributed by atoms with Crippen molar-refractivity contribution in [1.29, 1.82) is 5.26 Å². The Kier molecular flexibility index (Phi) is 2.47. The van der Waals surface area contributed by atoms with Crippen LogP contribution in [0, 0.1) is 17.2 Å². The van der Waals surface area contributed by atoms with Crippen LogP contribution in [0.1, 0.15) is 32.6 Å². The van der Waals surface area contributed by atoms with E-state index >= 15 is 0 Å². The largest absolute Gasteiger partial charge is 0.244 e. The van der Waals surface area contributed by atoms with Crippen LogP contribution < -0.4 is 0 Å². The number of hydrogen-bond donors (Lipinski definition) is 0. The van der Waals surface area contributed by atoms with Crippen molar-refractivity contribution in [3.63, 3.8) is 0 Å². The summed E-state index contributed by atoms with van der Waals surface area (Å²) in [6.07, 6.45) is 4.60. The van der Waals surface area contributed by atoms with E-state index in [4.69, 9.17) is 17.5 Å². The molecular formula is C11H12N2S. The van der Waals surface area contributed by atoms with E-state index in [9.17, 15) is 0 Å². The summed E-state index contributed by atoms with van der Waals surface area (Å²) in [5, 5.41) is 9.02. The Morgan fingerprint density at radius 1 is 1.50 bits per heavy atom. The minimum absolute atomic E-state index is 0.408. The molecule has 1 heterocycles. The van der Waals surface area contributed by atoms with Crippen LogP contribution in [-0.2, 0) is 0 Å². The number of thiocarbonyl (C=S) groups is 1. The monoisotopic (exact) mass is 204 g/mol. The van der Waals surface area contributed by atoms with Crippen LogP contribution in [0.15, 0.2) is 16.1 Å². The Morgan fingerprint density at radius 2 is 2.29 bits per heavy atom. The lowest BCUT2D eigenvalue weighted by atomic mass is 9.78. The van der Waals surface area contributed by atoms with E-state index in [2.05, 4.69) is 11.1 Å². The van der Waals surface area contributed by atoms with Crippen LogP contribution in [0.3, 0.4) is 0 Å². The first-order chi connectivity index (χ1) is 6.74. The van der Waals surface area contributed by atoms with Crippen molar-refractivity contribution in [1.82, 2.24) is 0 Å². The first-order valence-electron chi connectivity index (χ1n) is 4.96. The molecule has 3 heteroatoms. The second-order valence-corrected chi connectivity index (χ2v) is 4.26. The van der Waals surface area contributed by atoms with Gasteiger partial charge in [-0.15, -0.1) is 0 Å². The van der Waals surface area contributed by atoms with Crippen LogP contribution in [0.5, 0.6) is 0 Å². The van der Waals surface area contributed by atoms with E-state index in [1.165, 1.54) is 18.4 Å². The molecule has 0 aromatic carbocycles. The average Bonchev–Trinajstić information content (AvgIpc) is 2.18. The van der Waals surface area contributed by atoms with Crippen LogP contribution >= 0.6 is 12.2 Å². The third-order valence-corrected chi connectivity index (χ3v) is 3.33. The van der Waals surface area contributed by atoms with Crippen molar-refractivity contribution in [2.24, 2.45) is 10.9 Å². The van der Waals surface area contributed by atoms with Gasteiger partial charge in [-0.25, -0.2) is 4.99 Å². The SMILES string of the molecule is CC1=NC(=S)C(C#N)=C2CCCCC12. The van der Waals surface area contributed by atoms with Gasteiger partial charge in [0, 0.05) is 11.6 Å². The minimum atomic E-state index is 0.408. The van der Waals surface area contributed by atoms with Crippen LogP contribution in [0.4, 0.5) is 0 Å². The van der Waals surface area contributed by atoms with Gasteiger partial charge in [-0.05, 0) is 31.8 Å². The van der Waals surface area contributed by atoms with Gasteiger partial charge in [0.2, 0.25) is 0 Å². The molecule has 0 N–H and O–H groups in total. The van der Waals surface area contributed by atoms with Gasteiger partial charge in [-0.2, -0.15) is 5.26 Å². The zero-order valence-corrected chi connectivity index (χ0v) is 9.02. The summed E-state index contributed by atoms with van der Waals surface area (Å²) in [4.78, 5) is 4.79. The maximum absolute atomic E-state index is 9.02. The number of fused-ring (bicyclic) bond motifs is 1. The fraction of sp³-hybridized carbons (Fsp3) is 0.545. The summed E-state index contributed by atoms with van der Waals surface area (Å²) < 4.78 is 0. The highest BCUT2D eigenvalue weighted by Gasteiger charge is 2.29. The highest BCUT2D eigenvalue weighted by Crippen LogP contribution is 2.35. The smallest absolute Gasteiger partial charge is 0.143 e. The molecule has 2 rings (SSSR count). The summed E-state index contributed by atoms with van der Waals surface area (Å²) in [7, 11) is 0. The second-order valence-electron chi connectivity index (χ2n) is 3.87. The standard InChI is InChI=1S/C11H12N2S/c1-7-8-4-2-3-5-9(8)10(6-12)11(14)13-7/h8H,2-5H2,1H3. The van der Waals surface area contributed by atoms with E-state index in [1.54, 1.807) is 0 Å². The van der Waals surface area contributed by atoms with Gasteiger partial charge in [-0.1, -0.05) is 18.6 Å². The van der Waals surface area contributed by atoms with E-state index < -0.39 is 0 Å². The highest BCUT2D eigenvalue weighted by molar-refractivity contribution is 7.80. The van der Waals surface area contributed by atoms with Crippen molar-refractivity contribution in [3.05, 3.63) is 11.1 Å². The number of nitriles is 1. The number of hydrogen-bond acceptors (Lipinski definition) is 2. The molecule has 0 radical (unpaired) electrons. The Hall–Kier alpha value is -1.01. The van der Waals surface area contributed by atoms with Crippen molar-refractivity contribution < 1.29 is 0 Å². The van der Waals surface area contributed by atoms with Crippen molar-refractivity contribution in [2.45, 2.75) is 32.6 Å². The molecule has 2 nitrogen and oxygen atoms in total. The molecule has 0 amide bonds. The van der Waals surface area contributed by atoms with Crippen LogP contribution in [0.25, 0.3) is 0 Å². The highest BCUT2D eigenvalue weighted by atomic mass is 32.1. The molecule has 0 aromatic rings. The number of dihydropyridines is 1. The van der Waals surface area contributed by atoms with E-state index in [0.717, 1.165) is 18.6 Å². The zero-order valence-electron chi connectivity index (χ0n) is 8.21. The Bertz CT molecular complexity index is 385. The number of rotatable bonds is 0.